The first-order valence-electron chi connectivity index (χ1n) is 5.80. The molecule has 6 nitrogen and oxygen atoms in total. The Bertz CT molecular complexity index is 712. The lowest BCUT2D eigenvalue weighted by Crippen LogP contribution is -2.02. The van der Waals surface area contributed by atoms with Crippen LogP contribution >= 0.6 is 62.9 Å². The molecule has 0 bridgehead atoms. The molecular weight excluding hydrogens is 498 g/mol. The lowest BCUT2D eigenvalue weighted by Gasteiger charge is -2.17. The number of anilines is 2. The predicted octanol–water partition coefficient (Wildman–Crippen LogP) is 5.24. The Kier molecular flexibility index (Phi) is 5.76. The van der Waals surface area contributed by atoms with Crippen molar-refractivity contribution in [3.63, 3.8) is 0 Å². The quantitative estimate of drug-likeness (QED) is 0.386. The van der Waals surface area contributed by atoms with Gasteiger partial charge in [0, 0.05) is 11.4 Å². The molecule has 0 heterocycles. The first-order valence-corrected chi connectivity index (χ1v) is 9.64. The van der Waals surface area contributed by atoms with Crippen molar-refractivity contribution in [2.75, 3.05) is 11.5 Å². The van der Waals surface area contributed by atoms with E-state index in [1.54, 1.807) is 0 Å². The summed E-state index contributed by atoms with van der Waals surface area (Å²) in [5.41, 5.74) is 11.9. The Labute approximate surface area is 158 Å². The van der Waals surface area contributed by atoms with Crippen LogP contribution in [0.15, 0.2) is 33.2 Å². The molecule has 2 aromatic rings. The van der Waals surface area contributed by atoms with E-state index >= 15 is 0 Å². The Morgan fingerprint density at radius 3 is 1.78 bits per heavy atom. The maximum absolute atomic E-state index is 12.2. The van der Waals surface area contributed by atoms with Crippen molar-refractivity contribution in [1.82, 2.24) is 0 Å². The molecule has 23 heavy (non-hydrogen) atoms. The van der Waals surface area contributed by atoms with Gasteiger partial charge in [0.05, 0.1) is 19.0 Å². The van der Waals surface area contributed by atoms with Crippen LogP contribution in [0.5, 0.6) is 11.5 Å². The van der Waals surface area contributed by atoms with E-state index in [1.165, 1.54) is 24.3 Å². The van der Waals surface area contributed by atoms with Gasteiger partial charge in [0.1, 0.15) is 0 Å². The van der Waals surface area contributed by atoms with Gasteiger partial charge < -0.3 is 20.5 Å². The fourth-order valence-electron chi connectivity index (χ4n) is 1.58. The van der Waals surface area contributed by atoms with Gasteiger partial charge >= 0.3 is 7.82 Å². The van der Waals surface area contributed by atoms with E-state index < -0.39 is 7.82 Å². The van der Waals surface area contributed by atoms with Crippen molar-refractivity contribution >= 4 is 74.3 Å². The molecule has 124 valence electrons. The highest BCUT2D eigenvalue weighted by Crippen LogP contribution is 2.52. The van der Waals surface area contributed by atoms with E-state index in [4.69, 9.17) is 43.7 Å². The standard InChI is InChI=1S/C12H9Br2Cl2N2O4P/c13-7-1-5(17)2-8(14)11(7)21-23(19,20)22-12-9(15)3-6(18)4-10(12)16/h1-4H,17-18H2,(H,19,20). The van der Waals surface area contributed by atoms with Gasteiger partial charge in [0.15, 0.2) is 11.5 Å². The number of rotatable bonds is 4. The monoisotopic (exact) mass is 504 g/mol. The van der Waals surface area contributed by atoms with Crippen molar-refractivity contribution in [1.29, 1.82) is 0 Å². The van der Waals surface area contributed by atoms with Crippen LogP contribution in [0.2, 0.25) is 10.0 Å². The normalized spacial score (nSPS) is 13.4. The molecular formula is C12H9Br2Cl2N2O4P. The summed E-state index contributed by atoms with van der Waals surface area (Å²) in [6, 6.07) is 5.67. The third-order valence-corrected chi connectivity index (χ3v) is 5.02. The number of hydrogen-bond donors (Lipinski definition) is 3. The summed E-state index contributed by atoms with van der Waals surface area (Å²) >= 11 is 18.2. The molecule has 0 spiro atoms. The van der Waals surface area contributed by atoms with Gasteiger partial charge in [-0.15, -0.1) is 0 Å². The van der Waals surface area contributed by atoms with E-state index in [0.29, 0.717) is 14.6 Å². The van der Waals surface area contributed by atoms with Crippen LogP contribution in [-0.2, 0) is 4.57 Å². The minimum atomic E-state index is -4.58. The van der Waals surface area contributed by atoms with Crippen molar-refractivity contribution in [3.05, 3.63) is 43.3 Å². The number of nitrogen functional groups attached to an aromatic ring is 2. The SMILES string of the molecule is Nc1cc(Cl)c(OP(=O)(O)Oc2c(Br)cc(N)cc2Br)c(Cl)c1. The maximum atomic E-state index is 12.2. The minimum Gasteiger partial charge on any atom is -0.399 e. The summed E-state index contributed by atoms with van der Waals surface area (Å²) in [7, 11) is -4.58. The summed E-state index contributed by atoms with van der Waals surface area (Å²) in [5, 5.41) is -0.0494. The highest BCUT2D eigenvalue weighted by Gasteiger charge is 2.30. The van der Waals surface area contributed by atoms with Crippen molar-refractivity contribution < 1.29 is 18.5 Å². The highest BCUT2D eigenvalue weighted by atomic mass is 79.9. The van der Waals surface area contributed by atoms with E-state index in [1.807, 2.05) is 0 Å². The molecule has 0 aliphatic carbocycles. The molecule has 0 amide bonds. The Hall–Kier alpha value is -0.630. The molecule has 0 fully saturated rings. The maximum Gasteiger partial charge on any atom is 0.585 e. The smallest absolute Gasteiger partial charge is 0.399 e. The molecule has 0 aliphatic rings. The van der Waals surface area contributed by atoms with Gasteiger partial charge in [0.2, 0.25) is 0 Å². The molecule has 11 heteroatoms. The van der Waals surface area contributed by atoms with Gasteiger partial charge in [-0.25, -0.2) is 4.57 Å². The molecule has 0 aromatic heterocycles. The van der Waals surface area contributed by atoms with Crippen molar-refractivity contribution in [3.8, 4) is 11.5 Å². The molecule has 0 saturated carbocycles. The summed E-state index contributed by atoms with van der Waals surface area (Å²) in [6.45, 7) is 0. The molecule has 0 aliphatic heterocycles. The van der Waals surface area contributed by atoms with Crippen LogP contribution in [0.3, 0.4) is 0 Å². The third kappa shape index (κ3) is 4.68. The second kappa shape index (κ2) is 7.09. The molecule has 2 rings (SSSR count). The van der Waals surface area contributed by atoms with E-state index in [-0.39, 0.29) is 27.2 Å². The molecule has 0 radical (unpaired) electrons. The van der Waals surface area contributed by atoms with Gasteiger partial charge in [-0.05, 0) is 56.1 Å². The third-order valence-electron chi connectivity index (χ3n) is 2.45. The zero-order chi connectivity index (χ0) is 17.4. The molecule has 2 aromatic carbocycles. The van der Waals surface area contributed by atoms with Crippen molar-refractivity contribution in [2.45, 2.75) is 0 Å². The Balaban J connectivity index is 2.33. The topological polar surface area (TPSA) is 108 Å². The van der Waals surface area contributed by atoms with Gasteiger partial charge in [-0.3, -0.25) is 4.89 Å². The molecule has 0 saturated heterocycles. The van der Waals surface area contributed by atoms with Crippen LogP contribution in [0.25, 0.3) is 0 Å². The van der Waals surface area contributed by atoms with E-state index in [0.717, 1.165) is 0 Å². The van der Waals surface area contributed by atoms with E-state index in [9.17, 15) is 9.46 Å². The average Bonchev–Trinajstić information content (AvgIpc) is 2.38. The zero-order valence-corrected chi connectivity index (χ0v) is 16.7. The van der Waals surface area contributed by atoms with Gasteiger partial charge in [-0.1, -0.05) is 23.2 Å². The lowest BCUT2D eigenvalue weighted by atomic mass is 10.3. The first-order chi connectivity index (χ1) is 10.6. The highest BCUT2D eigenvalue weighted by molar-refractivity contribution is 9.11. The second-order valence-electron chi connectivity index (χ2n) is 4.28. The van der Waals surface area contributed by atoms with E-state index in [2.05, 4.69) is 31.9 Å². The summed E-state index contributed by atoms with van der Waals surface area (Å²) in [5.74, 6) is -0.177. The van der Waals surface area contributed by atoms with Gasteiger partial charge in [-0.2, -0.15) is 0 Å². The van der Waals surface area contributed by atoms with Crippen LogP contribution in [0.1, 0.15) is 0 Å². The first kappa shape index (κ1) is 18.7. The number of hydrogen-bond acceptors (Lipinski definition) is 5. The van der Waals surface area contributed by atoms with Crippen molar-refractivity contribution in [2.24, 2.45) is 0 Å². The Morgan fingerprint density at radius 1 is 0.913 bits per heavy atom. The molecule has 1 atom stereocenters. The fourth-order valence-corrected chi connectivity index (χ4v) is 4.80. The number of phosphoric ester groups is 1. The number of halogens is 4. The van der Waals surface area contributed by atoms with Crippen LogP contribution < -0.4 is 20.5 Å². The number of benzene rings is 2. The lowest BCUT2D eigenvalue weighted by molar-refractivity contribution is 0.290. The fraction of sp³-hybridized carbons (Fsp3) is 0. The van der Waals surface area contributed by atoms with Crippen LogP contribution in [-0.4, -0.2) is 4.89 Å². The summed E-state index contributed by atoms with van der Waals surface area (Å²) < 4.78 is 23.0. The van der Waals surface area contributed by atoms with Crippen LogP contribution in [0.4, 0.5) is 11.4 Å². The predicted molar refractivity (Wildman–Crippen MR) is 98.2 cm³/mol. The average molecular weight is 507 g/mol. The van der Waals surface area contributed by atoms with Gasteiger partial charge in [0.25, 0.3) is 0 Å². The Morgan fingerprint density at radius 2 is 1.30 bits per heavy atom. The molecule has 5 N–H and O–H groups in total. The number of phosphoric acid groups is 1. The van der Waals surface area contributed by atoms with Crippen LogP contribution in [0, 0.1) is 0 Å². The zero-order valence-electron chi connectivity index (χ0n) is 11.1. The largest absolute Gasteiger partial charge is 0.585 e. The second-order valence-corrected chi connectivity index (χ2v) is 8.10. The minimum absolute atomic E-state index is 0.0247. The summed E-state index contributed by atoms with van der Waals surface area (Å²) in [6.07, 6.45) is 0. The molecule has 1 unspecified atom stereocenters. The number of nitrogens with two attached hydrogens (primary N) is 2. The summed E-state index contributed by atoms with van der Waals surface area (Å²) in [4.78, 5) is 9.95.